The second-order valence-corrected chi connectivity index (χ2v) is 7.55. The maximum absolute atomic E-state index is 5.72. The highest BCUT2D eigenvalue weighted by Gasteiger charge is 2.05. The molecule has 4 rings (SSSR count). The molecule has 0 aromatic heterocycles. The van der Waals surface area contributed by atoms with Gasteiger partial charge in [-0.3, -0.25) is 0 Å². The monoisotopic (exact) mass is 402 g/mol. The van der Waals surface area contributed by atoms with Crippen LogP contribution in [0.3, 0.4) is 0 Å². The Kier molecular flexibility index (Phi) is 6.44. The Morgan fingerprint density at radius 2 is 0.806 bits per heavy atom. The van der Waals surface area contributed by atoms with E-state index >= 15 is 0 Å². The fraction of sp³-hybridized carbons (Fsp3) is 0.0667. The summed E-state index contributed by atoms with van der Waals surface area (Å²) in [6.07, 6.45) is 7.51. The van der Waals surface area contributed by atoms with Crippen molar-refractivity contribution in [2.24, 2.45) is 0 Å². The molecule has 0 aliphatic heterocycles. The van der Waals surface area contributed by atoms with Crippen molar-refractivity contribution < 1.29 is 4.74 Å². The summed E-state index contributed by atoms with van der Waals surface area (Å²) in [6.45, 7) is 4.28. The standard InChI is InChI=1S/C30H26O/c1-23-11-3-7-15-27(23)29-17-9-5-13-25(29)19-21-31-22-20-26-14-6-10-18-30(26)28-16-8-4-12-24(28)2/h3-22H,1-2H3. The van der Waals surface area contributed by atoms with Crippen molar-refractivity contribution in [2.45, 2.75) is 13.8 Å². The van der Waals surface area contributed by atoms with Crippen molar-refractivity contribution in [3.63, 3.8) is 0 Å². The van der Waals surface area contributed by atoms with E-state index in [4.69, 9.17) is 4.74 Å². The fourth-order valence-electron chi connectivity index (χ4n) is 3.80. The van der Waals surface area contributed by atoms with Gasteiger partial charge in [0.25, 0.3) is 0 Å². The molecule has 0 unspecified atom stereocenters. The Morgan fingerprint density at radius 3 is 1.23 bits per heavy atom. The van der Waals surface area contributed by atoms with Crippen LogP contribution in [-0.2, 0) is 4.74 Å². The van der Waals surface area contributed by atoms with Crippen LogP contribution in [0.1, 0.15) is 22.3 Å². The Hall–Kier alpha value is -3.84. The van der Waals surface area contributed by atoms with Gasteiger partial charge >= 0.3 is 0 Å². The topological polar surface area (TPSA) is 9.23 Å². The van der Waals surface area contributed by atoms with Crippen molar-refractivity contribution in [3.8, 4) is 22.3 Å². The summed E-state index contributed by atoms with van der Waals surface area (Å²) in [6, 6.07) is 33.7. The van der Waals surface area contributed by atoms with Crippen molar-refractivity contribution in [1.29, 1.82) is 0 Å². The van der Waals surface area contributed by atoms with E-state index in [2.05, 4.69) is 111 Å². The molecule has 0 spiro atoms. The summed E-state index contributed by atoms with van der Waals surface area (Å²) in [7, 11) is 0. The van der Waals surface area contributed by atoms with Crippen molar-refractivity contribution >= 4 is 12.2 Å². The minimum atomic E-state index is 1.13. The van der Waals surface area contributed by atoms with E-state index in [-0.39, 0.29) is 0 Å². The molecule has 0 aliphatic carbocycles. The average Bonchev–Trinajstić information content (AvgIpc) is 2.80. The molecule has 152 valence electrons. The van der Waals surface area contributed by atoms with Gasteiger partial charge < -0.3 is 4.74 Å². The number of aryl methyl sites for hydroxylation is 2. The third-order valence-corrected chi connectivity index (χ3v) is 5.44. The van der Waals surface area contributed by atoms with E-state index in [9.17, 15) is 0 Å². The van der Waals surface area contributed by atoms with Gasteiger partial charge in [-0.2, -0.15) is 0 Å². The first-order valence-electron chi connectivity index (χ1n) is 10.5. The normalized spacial score (nSPS) is 11.3. The smallest absolute Gasteiger partial charge is 0.0907 e. The lowest BCUT2D eigenvalue weighted by Gasteiger charge is -2.09. The van der Waals surface area contributed by atoms with Gasteiger partial charge in [0.15, 0.2) is 0 Å². The first-order chi connectivity index (χ1) is 15.2. The average molecular weight is 403 g/mol. The molecular formula is C30H26O. The van der Waals surface area contributed by atoms with Gasteiger partial charge in [0.1, 0.15) is 0 Å². The summed E-state index contributed by atoms with van der Waals surface area (Å²) in [4.78, 5) is 0. The van der Waals surface area contributed by atoms with Gasteiger partial charge in [0, 0.05) is 0 Å². The Morgan fingerprint density at radius 1 is 0.452 bits per heavy atom. The molecule has 0 fully saturated rings. The van der Waals surface area contributed by atoms with Crippen LogP contribution < -0.4 is 0 Å². The largest absolute Gasteiger partial charge is 0.473 e. The van der Waals surface area contributed by atoms with Crippen LogP contribution in [-0.4, -0.2) is 0 Å². The molecule has 1 heteroatoms. The zero-order valence-corrected chi connectivity index (χ0v) is 18.0. The summed E-state index contributed by atoms with van der Waals surface area (Å²) in [5, 5.41) is 0. The Balaban J connectivity index is 1.52. The highest BCUT2D eigenvalue weighted by atomic mass is 16.5. The SMILES string of the molecule is Cc1ccccc1-c1ccccc1C=COC=Cc1ccccc1-c1ccccc1C. The predicted octanol–water partition coefficient (Wildman–Crippen LogP) is 8.30. The predicted molar refractivity (Wildman–Crippen MR) is 132 cm³/mol. The lowest BCUT2D eigenvalue weighted by Crippen LogP contribution is -1.86. The lowest BCUT2D eigenvalue weighted by molar-refractivity contribution is 0.410. The van der Waals surface area contributed by atoms with Crippen LogP contribution in [0.15, 0.2) is 110 Å². The zero-order valence-electron chi connectivity index (χ0n) is 18.0. The van der Waals surface area contributed by atoms with E-state index in [1.54, 1.807) is 12.5 Å². The first-order valence-corrected chi connectivity index (χ1v) is 10.5. The Bertz CT molecular complexity index is 1130. The summed E-state index contributed by atoms with van der Waals surface area (Å²) in [5.41, 5.74) is 9.67. The fourth-order valence-corrected chi connectivity index (χ4v) is 3.80. The molecule has 0 aliphatic rings. The van der Waals surface area contributed by atoms with E-state index in [1.807, 2.05) is 12.2 Å². The third-order valence-electron chi connectivity index (χ3n) is 5.44. The number of rotatable bonds is 6. The van der Waals surface area contributed by atoms with E-state index in [0.717, 1.165) is 11.1 Å². The van der Waals surface area contributed by atoms with Gasteiger partial charge in [-0.15, -0.1) is 0 Å². The number of hydrogen-bond donors (Lipinski definition) is 0. The van der Waals surface area contributed by atoms with E-state index < -0.39 is 0 Å². The Labute approximate surface area is 185 Å². The highest BCUT2D eigenvalue weighted by molar-refractivity contribution is 5.78. The molecule has 0 saturated carbocycles. The van der Waals surface area contributed by atoms with E-state index in [0.29, 0.717) is 0 Å². The molecule has 0 saturated heterocycles. The molecular weight excluding hydrogens is 376 g/mol. The summed E-state index contributed by atoms with van der Waals surface area (Å²) < 4.78 is 5.72. The van der Waals surface area contributed by atoms with Gasteiger partial charge in [0.2, 0.25) is 0 Å². The van der Waals surface area contributed by atoms with Crippen LogP contribution in [0.5, 0.6) is 0 Å². The van der Waals surface area contributed by atoms with Crippen LogP contribution in [0.2, 0.25) is 0 Å². The number of benzene rings is 4. The van der Waals surface area contributed by atoms with E-state index in [1.165, 1.54) is 33.4 Å². The maximum atomic E-state index is 5.72. The maximum Gasteiger partial charge on any atom is 0.0907 e. The summed E-state index contributed by atoms with van der Waals surface area (Å²) in [5.74, 6) is 0. The second-order valence-electron chi connectivity index (χ2n) is 7.55. The molecule has 0 N–H and O–H groups in total. The lowest BCUT2D eigenvalue weighted by atomic mass is 9.96. The minimum Gasteiger partial charge on any atom is -0.473 e. The van der Waals surface area contributed by atoms with Gasteiger partial charge in [0.05, 0.1) is 12.5 Å². The molecule has 0 amide bonds. The van der Waals surface area contributed by atoms with Crippen LogP contribution in [0.4, 0.5) is 0 Å². The molecule has 0 atom stereocenters. The van der Waals surface area contributed by atoms with Crippen molar-refractivity contribution in [1.82, 2.24) is 0 Å². The van der Waals surface area contributed by atoms with Crippen molar-refractivity contribution in [3.05, 3.63) is 132 Å². The summed E-state index contributed by atoms with van der Waals surface area (Å²) >= 11 is 0. The molecule has 1 nitrogen and oxygen atoms in total. The molecule has 31 heavy (non-hydrogen) atoms. The van der Waals surface area contributed by atoms with Crippen LogP contribution >= 0.6 is 0 Å². The molecule has 4 aromatic rings. The van der Waals surface area contributed by atoms with Gasteiger partial charge in [-0.25, -0.2) is 0 Å². The highest BCUT2D eigenvalue weighted by Crippen LogP contribution is 2.29. The van der Waals surface area contributed by atoms with Gasteiger partial charge in [-0.05, 0) is 70.5 Å². The second kappa shape index (κ2) is 9.77. The number of hydrogen-bond acceptors (Lipinski definition) is 1. The van der Waals surface area contributed by atoms with Gasteiger partial charge in [-0.1, -0.05) is 97.1 Å². The molecule has 0 heterocycles. The number of ether oxygens (including phenoxy) is 1. The van der Waals surface area contributed by atoms with Crippen molar-refractivity contribution in [2.75, 3.05) is 0 Å². The molecule has 0 radical (unpaired) electrons. The quantitative estimate of drug-likeness (QED) is 0.295. The van der Waals surface area contributed by atoms with Crippen LogP contribution in [0, 0.1) is 13.8 Å². The minimum absolute atomic E-state index is 1.13. The molecule has 0 bridgehead atoms. The molecule has 4 aromatic carbocycles. The van der Waals surface area contributed by atoms with Crippen LogP contribution in [0.25, 0.3) is 34.4 Å². The zero-order chi connectivity index (χ0) is 21.5. The third kappa shape index (κ3) is 4.84. The first kappa shape index (κ1) is 20.4.